The maximum Gasteiger partial charge on any atom is 0.0408 e. The third-order valence-electron chi connectivity index (χ3n) is 2.23. The molecule has 0 saturated heterocycles. The van der Waals surface area contributed by atoms with Crippen molar-refractivity contribution in [3.63, 3.8) is 0 Å². The molecule has 0 aliphatic carbocycles. The molecule has 0 aliphatic rings. The number of hydrogen-bond donors (Lipinski definition) is 1. The normalized spacial score (nSPS) is 12.9. The molecule has 0 fully saturated rings. The largest absolute Gasteiger partial charge is 0.324 e. The van der Waals surface area contributed by atoms with E-state index in [9.17, 15) is 0 Å². The molecule has 0 amide bonds. The lowest BCUT2D eigenvalue weighted by Crippen LogP contribution is -2.11. The van der Waals surface area contributed by atoms with Crippen LogP contribution in [0.25, 0.3) is 0 Å². The number of rotatable bonds is 3. The van der Waals surface area contributed by atoms with Crippen LogP contribution in [0.1, 0.15) is 36.9 Å². The molecule has 72 valence electrons. The first kappa shape index (κ1) is 10.6. The summed E-state index contributed by atoms with van der Waals surface area (Å²) in [4.78, 5) is 0. The van der Waals surface area contributed by atoms with Crippen LogP contribution in [-0.2, 0) is 0 Å². The molecule has 1 nitrogen and oxygen atoms in total. The van der Waals surface area contributed by atoms with Gasteiger partial charge in [0.25, 0.3) is 0 Å². The summed E-state index contributed by atoms with van der Waals surface area (Å²) < 4.78 is 0. The van der Waals surface area contributed by atoms with Crippen molar-refractivity contribution in [3.05, 3.63) is 34.3 Å². The predicted molar refractivity (Wildman–Crippen MR) is 58.0 cm³/mol. The first-order valence-corrected chi connectivity index (χ1v) is 5.04. The van der Waals surface area contributed by atoms with Gasteiger partial charge in [0.2, 0.25) is 0 Å². The summed E-state index contributed by atoms with van der Waals surface area (Å²) in [6, 6.07) is 6.05. The monoisotopic (exact) mass is 197 g/mol. The minimum Gasteiger partial charge on any atom is -0.324 e. The fraction of sp³-hybridized carbons (Fsp3) is 0.455. The summed E-state index contributed by atoms with van der Waals surface area (Å²) in [6.45, 7) is 4.20. The van der Waals surface area contributed by atoms with Crippen LogP contribution >= 0.6 is 11.6 Å². The summed E-state index contributed by atoms with van der Waals surface area (Å²) in [6.07, 6.45) is 2.14. The molecule has 1 atom stereocenters. The highest BCUT2D eigenvalue weighted by atomic mass is 35.5. The third kappa shape index (κ3) is 2.71. The van der Waals surface area contributed by atoms with Gasteiger partial charge in [-0.05, 0) is 36.6 Å². The van der Waals surface area contributed by atoms with Crippen LogP contribution < -0.4 is 5.73 Å². The Balaban J connectivity index is 2.88. The second-order valence-electron chi connectivity index (χ2n) is 3.40. The second-order valence-corrected chi connectivity index (χ2v) is 3.83. The maximum atomic E-state index is 6.01. The molecule has 2 heteroatoms. The van der Waals surface area contributed by atoms with E-state index >= 15 is 0 Å². The fourth-order valence-corrected chi connectivity index (χ4v) is 1.75. The van der Waals surface area contributed by atoms with Gasteiger partial charge in [-0.3, -0.25) is 0 Å². The molecule has 0 aliphatic heterocycles. The summed E-state index contributed by atoms with van der Waals surface area (Å²) in [5, 5.41) is 0.782. The lowest BCUT2D eigenvalue weighted by Gasteiger charge is -2.13. The number of nitrogens with two attached hydrogens (primary N) is 1. The maximum absolute atomic E-state index is 6.01. The first-order chi connectivity index (χ1) is 6.15. The molecular formula is C11H16ClN. The Morgan fingerprint density at radius 1 is 1.46 bits per heavy atom. The van der Waals surface area contributed by atoms with E-state index in [1.54, 1.807) is 0 Å². The van der Waals surface area contributed by atoms with Gasteiger partial charge >= 0.3 is 0 Å². The van der Waals surface area contributed by atoms with Crippen molar-refractivity contribution in [2.45, 2.75) is 32.7 Å². The topological polar surface area (TPSA) is 26.0 Å². The molecule has 0 aromatic heterocycles. The van der Waals surface area contributed by atoms with Gasteiger partial charge in [0.1, 0.15) is 0 Å². The second kappa shape index (κ2) is 4.64. The minimum atomic E-state index is 0.155. The van der Waals surface area contributed by atoms with Crippen LogP contribution in [0.3, 0.4) is 0 Å². The Hall–Kier alpha value is -0.530. The molecule has 2 N–H and O–H groups in total. The van der Waals surface area contributed by atoms with Gasteiger partial charge in [-0.25, -0.2) is 0 Å². The van der Waals surface area contributed by atoms with Crippen molar-refractivity contribution >= 4 is 11.6 Å². The molecule has 1 rings (SSSR count). The molecular weight excluding hydrogens is 182 g/mol. The molecule has 0 saturated carbocycles. The first-order valence-electron chi connectivity index (χ1n) is 4.66. The number of halogens is 1. The van der Waals surface area contributed by atoms with Crippen LogP contribution in [0, 0.1) is 6.92 Å². The van der Waals surface area contributed by atoms with Crippen molar-refractivity contribution in [3.8, 4) is 0 Å². The van der Waals surface area contributed by atoms with E-state index < -0.39 is 0 Å². The summed E-state index contributed by atoms with van der Waals surface area (Å²) in [5.41, 5.74) is 8.42. The molecule has 1 aromatic rings. The Bertz CT molecular complexity index is 283. The van der Waals surface area contributed by atoms with Gasteiger partial charge in [0, 0.05) is 11.1 Å². The van der Waals surface area contributed by atoms with Crippen LogP contribution in [0.4, 0.5) is 0 Å². The van der Waals surface area contributed by atoms with Crippen LogP contribution in [0.5, 0.6) is 0 Å². The van der Waals surface area contributed by atoms with Crippen molar-refractivity contribution in [2.75, 3.05) is 0 Å². The molecule has 0 bridgehead atoms. The van der Waals surface area contributed by atoms with Crippen molar-refractivity contribution in [1.29, 1.82) is 0 Å². The van der Waals surface area contributed by atoms with Crippen LogP contribution in [0.2, 0.25) is 5.02 Å². The lowest BCUT2D eigenvalue weighted by molar-refractivity contribution is 0.635. The number of aryl methyl sites for hydroxylation is 1. The predicted octanol–water partition coefficient (Wildman–Crippen LogP) is 3.45. The molecule has 1 aromatic carbocycles. The standard InChI is InChI=1S/C11H16ClN/c1-3-4-11(13)10-6-5-9(12)7-8(10)2/h5-7,11H,3-4,13H2,1-2H3/t11-/m1/s1. The Morgan fingerprint density at radius 2 is 2.15 bits per heavy atom. The molecule has 0 spiro atoms. The highest BCUT2D eigenvalue weighted by Crippen LogP contribution is 2.22. The van der Waals surface area contributed by atoms with Gasteiger partial charge < -0.3 is 5.73 Å². The van der Waals surface area contributed by atoms with Gasteiger partial charge in [0.15, 0.2) is 0 Å². The third-order valence-corrected chi connectivity index (χ3v) is 2.47. The van der Waals surface area contributed by atoms with E-state index in [-0.39, 0.29) is 6.04 Å². The SMILES string of the molecule is CCC[C@@H](N)c1ccc(Cl)cc1C. The molecule has 0 heterocycles. The van der Waals surface area contributed by atoms with Crippen molar-refractivity contribution in [2.24, 2.45) is 5.73 Å². The van der Waals surface area contributed by atoms with Gasteiger partial charge in [-0.1, -0.05) is 31.0 Å². The van der Waals surface area contributed by atoms with Crippen LogP contribution in [-0.4, -0.2) is 0 Å². The molecule has 0 radical (unpaired) electrons. The Morgan fingerprint density at radius 3 is 2.69 bits per heavy atom. The molecule has 13 heavy (non-hydrogen) atoms. The number of hydrogen-bond acceptors (Lipinski definition) is 1. The average molecular weight is 198 g/mol. The van der Waals surface area contributed by atoms with E-state index in [0.29, 0.717) is 0 Å². The van der Waals surface area contributed by atoms with Crippen molar-refractivity contribution in [1.82, 2.24) is 0 Å². The Kier molecular flexibility index (Phi) is 3.76. The van der Waals surface area contributed by atoms with E-state index in [2.05, 4.69) is 13.8 Å². The highest BCUT2D eigenvalue weighted by Gasteiger charge is 2.07. The van der Waals surface area contributed by atoms with Crippen LogP contribution in [0.15, 0.2) is 18.2 Å². The summed E-state index contributed by atoms with van der Waals surface area (Å²) in [7, 11) is 0. The van der Waals surface area contributed by atoms with E-state index in [1.807, 2.05) is 18.2 Å². The number of benzene rings is 1. The average Bonchev–Trinajstić information content (AvgIpc) is 2.04. The van der Waals surface area contributed by atoms with Gasteiger partial charge in [-0.15, -0.1) is 0 Å². The summed E-state index contributed by atoms with van der Waals surface area (Å²) >= 11 is 5.86. The smallest absolute Gasteiger partial charge is 0.0408 e. The lowest BCUT2D eigenvalue weighted by atomic mass is 9.99. The quantitative estimate of drug-likeness (QED) is 0.790. The fourth-order valence-electron chi connectivity index (χ4n) is 1.52. The molecule has 0 unspecified atom stereocenters. The Labute approximate surface area is 84.9 Å². The van der Waals surface area contributed by atoms with Gasteiger partial charge in [-0.2, -0.15) is 0 Å². The van der Waals surface area contributed by atoms with E-state index in [1.165, 1.54) is 11.1 Å². The highest BCUT2D eigenvalue weighted by molar-refractivity contribution is 6.30. The zero-order valence-corrected chi connectivity index (χ0v) is 8.93. The summed E-state index contributed by atoms with van der Waals surface area (Å²) in [5.74, 6) is 0. The zero-order chi connectivity index (χ0) is 9.84. The zero-order valence-electron chi connectivity index (χ0n) is 8.18. The minimum absolute atomic E-state index is 0.155. The van der Waals surface area contributed by atoms with Gasteiger partial charge in [0.05, 0.1) is 0 Å². The van der Waals surface area contributed by atoms with E-state index in [4.69, 9.17) is 17.3 Å². The van der Waals surface area contributed by atoms with E-state index in [0.717, 1.165) is 17.9 Å². The van der Waals surface area contributed by atoms with Crippen molar-refractivity contribution < 1.29 is 0 Å².